The number of benzene rings is 2. The summed E-state index contributed by atoms with van der Waals surface area (Å²) in [4.78, 5) is 12.4. The molecule has 0 aliphatic heterocycles. The number of hydrogen-bond acceptors (Lipinski definition) is 5. The first-order valence-corrected chi connectivity index (χ1v) is 11.2. The van der Waals surface area contributed by atoms with Crippen LogP contribution in [0.1, 0.15) is 33.7 Å². The van der Waals surface area contributed by atoms with E-state index in [0.29, 0.717) is 12.1 Å². The van der Waals surface area contributed by atoms with Gasteiger partial charge in [-0.3, -0.25) is 4.79 Å². The van der Waals surface area contributed by atoms with Crippen molar-refractivity contribution in [3.05, 3.63) is 77.1 Å². The molecular formula is C21H24N4O3S. The SMILES string of the molecule is Cc1ccc(-n2nnc(C(=O)NCCCS(=O)(=O)Cc3ccccc3)c2C)cc1. The van der Waals surface area contributed by atoms with E-state index >= 15 is 0 Å². The second-order valence-electron chi connectivity index (χ2n) is 6.96. The van der Waals surface area contributed by atoms with Gasteiger partial charge in [-0.1, -0.05) is 53.2 Å². The number of carbonyl (C=O) groups is 1. The number of rotatable bonds is 8. The highest BCUT2D eigenvalue weighted by atomic mass is 32.2. The molecule has 0 unspecified atom stereocenters. The number of amides is 1. The predicted molar refractivity (Wildman–Crippen MR) is 112 cm³/mol. The third-order valence-electron chi connectivity index (χ3n) is 4.54. The smallest absolute Gasteiger partial charge is 0.273 e. The Bertz CT molecular complexity index is 1070. The van der Waals surface area contributed by atoms with E-state index < -0.39 is 9.84 Å². The van der Waals surface area contributed by atoms with Crippen molar-refractivity contribution in [3.63, 3.8) is 0 Å². The summed E-state index contributed by atoms with van der Waals surface area (Å²) in [5, 5.41) is 10.8. The van der Waals surface area contributed by atoms with Gasteiger partial charge in [0.25, 0.3) is 5.91 Å². The molecule has 0 saturated heterocycles. The molecule has 3 aromatic rings. The lowest BCUT2D eigenvalue weighted by molar-refractivity contribution is 0.0948. The number of carbonyl (C=O) groups excluding carboxylic acids is 1. The Hall–Kier alpha value is -3.00. The Balaban J connectivity index is 1.53. The molecule has 0 atom stereocenters. The van der Waals surface area contributed by atoms with Gasteiger partial charge in [-0.2, -0.15) is 0 Å². The summed E-state index contributed by atoms with van der Waals surface area (Å²) >= 11 is 0. The lowest BCUT2D eigenvalue weighted by Crippen LogP contribution is -2.27. The molecule has 7 nitrogen and oxygen atoms in total. The van der Waals surface area contributed by atoms with Gasteiger partial charge in [0.1, 0.15) is 0 Å². The fourth-order valence-electron chi connectivity index (χ4n) is 2.95. The minimum absolute atomic E-state index is 0.00572. The molecule has 0 fully saturated rings. The average Bonchev–Trinajstić information content (AvgIpc) is 3.08. The molecule has 0 aliphatic rings. The van der Waals surface area contributed by atoms with Crippen LogP contribution in [0.15, 0.2) is 54.6 Å². The lowest BCUT2D eigenvalue weighted by Gasteiger charge is -2.07. The van der Waals surface area contributed by atoms with Crippen molar-refractivity contribution >= 4 is 15.7 Å². The molecule has 152 valence electrons. The number of hydrogen-bond donors (Lipinski definition) is 1. The van der Waals surface area contributed by atoms with E-state index in [4.69, 9.17) is 0 Å². The third-order valence-corrected chi connectivity index (χ3v) is 6.22. The van der Waals surface area contributed by atoms with E-state index in [1.807, 2.05) is 49.4 Å². The van der Waals surface area contributed by atoms with E-state index in [9.17, 15) is 13.2 Å². The van der Waals surface area contributed by atoms with Gasteiger partial charge in [0, 0.05) is 6.54 Å². The molecule has 1 aromatic heterocycles. The third kappa shape index (κ3) is 5.51. The molecule has 0 spiro atoms. The number of nitrogens with one attached hydrogen (secondary N) is 1. The molecule has 8 heteroatoms. The van der Waals surface area contributed by atoms with Crippen LogP contribution in [-0.2, 0) is 15.6 Å². The van der Waals surface area contributed by atoms with Gasteiger partial charge in [0.15, 0.2) is 15.5 Å². The monoisotopic (exact) mass is 412 g/mol. The lowest BCUT2D eigenvalue weighted by atomic mass is 10.2. The van der Waals surface area contributed by atoms with E-state index in [1.54, 1.807) is 23.7 Å². The summed E-state index contributed by atoms with van der Waals surface area (Å²) in [7, 11) is -3.22. The highest BCUT2D eigenvalue weighted by Crippen LogP contribution is 2.13. The maximum atomic E-state index is 12.4. The highest BCUT2D eigenvalue weighted by Gasteiger charge is 2.17. The molecule has 3 rings (SSSR count). The number of aryl methyl sites for hydroxylation is 1. The van der Waals surface area contributed by atoms with Gasteiger partial charge in [0.2, 0.25) is 0 Å². The Kier molecular flexibility index (Phi) is 6.43. The maximum Gasteiger partial charge on any atom is 0.273 e. The van der Waals surface area contributed by atoms with Crippen molar-refractivity contribution in [2.24, 2.45) is 0 Å². The van der Waals surface area contributed by atoms with Crippen LogP contribution in [0, 0.1) is 13.8 Å². The van der Waals surface area contributed by atoms with Crippen LogP contribution in [0.3, 0.4) is 0 Å². The Morgan fingerprint density at radius 3 is 2.41 bits per heavy atom. The van der Waals surface area contributed by atoms with Gasteiger partial charge < -0.3 is 5.32 Å². The summed E-state index contributed by atoms with van der Waals surface area (Å²) in [5.41, 5.74) is 3.58. The summed E-state index contributed by atoms with van der Waals surface area (Å²) < 4.78 is 26.0. The molecule has 1 heterocycles. The maximum absolute atomic E-state index is 12.4. The first-order valence-electron chi connectivity index (χ1n) is 9.37. The quantitative estimate of drug-likeness (QED) is 0.574. The fraction of sp³-hybridized carbons (Fsp3) is 0.286. The van der Waals surface area contributed by atoms with Crippen molar-refractivity contribution in [1.82, 2.24) is 20.3 Å². The molecule has 0 aliphatic carbocycles. The van der Waals surface area contributed by atoms with Gasteiger partial charge >= 0.3 is 0 Å². The molecule has 0 radical (unpaired) electrons. The molecule has 1 amide bonds. The van der Waals surface area contributed by atoms with E-state index in [0.717, 1.165) is 16.8 Å². The van der Waals surface area contributed by atoms with Crippen LogP contribution in [-0.4, -0.2) is 41.6 Å². The number of aromatic nitrogens is 3. The predicted octanol–water partition coefficient (Wildman–Crippen LogP) is 2.62. The molecule has 1 N–H and O–H groups in total. The van der Waals surface area contributed by atoms with Crippen LogP contribution in [0.4, 0.5) is 0 Å². The first-order chi connectivity index (χ1) is 13.9. The summed E-state index contributed by atoms with van der Waals surface area (Å²) in [6.07, 6.45) is 0.339. The second-order valence-corrected chi connectivity index (χ2v) is 9.14. The van der Waals surface area contributed by atoms with Gasteiger partial charge in [-0.15, -0.1) is 5.10 Å². The van der Waals surface area contributed by atoms with Crippen molar-refractivity contribution < 1.29 is 13.2 Å². The van der Waals surface area contributed by atoms with Crippen molar-refractivity contribution in [2.45, 2.75) is 26.0 Å². The summed E-state index contributed by atoms with van der Waals surface area (Å²) in [6.45, 7) is 4.03. The molecule has 0 bridgehead atoms. The van der Waals surface area contributed by atoms with Crippen LogP contribution in [0.2, 0.25) is 0 Å². The zero-order valence-corrected chi connectivity index (χ0v) is 17.3. The normalized spacial score (nSPS) is 11.4. The molecular weight excluding hydrogens is 388 g/mol. The molecule has 29 heavy (non-hydrogen) atoms. The van der Waals surface area contributed by atoms with Crippen molar-refractivity contribution in [2.75, 3.05) is 12.3 Å². The standard InChI is InChI=1S/C21H24N4O3S/c1-16-9-11-19(12-10-16)25-17(2)20(23-24-25)21(26)22-13-6-14-29(27,28)15-18-7-4-3-5-8-18/h3-5,7-12H,6,13-15H2,1-2H3,(H,22,26). The van der Waals surface area contributed by atoms with Crippen LogP contribution in [0.25, 0.3) is 5.69 Å². The minimum atomic E-state index is -3.22. The fourth-order valence-corrected chi connectivity index (χ4v) is 4.38. The van der Waals surface area contributed by atoms with Crippen LogP contribution < -0.4 is 5.32 Å². The Morgan fingerprint density at radius 2 is 1.72 bits per heavy atom. The highest BCUT2D eigenvalue weighted by molar-refractivity contribution is 7.90. The Labute approximate surface area is 170 Å². The topological polar surface area (TPSA) is 93.9 Å². The van der Waals surface area contributed by atoms with Crippen LogP contribution in [0.5, 0.6) is 0 Å². The second kappa shape index (κ2) is 9.00. The van der Waals surface area contributed by atoms with E-state index in [2.05, 4.69) is 15.6 Å². The van der Waals surface area contributed by atoms with Gasteiger partial charge in [-0.25, -0.2) is 13.1 Å². The first kappa shape index (κ1) is 20.7. The van der Waals surface area contributed by atoms with Crippen molar-refractivity contribution in [3.8, 4) is 5.69 Å². The molecule has 2 aromatic carbocycles. The van der Waals surface area contributed by atoms with Crippen molar-refractivity contribution in [1.29, 1.82) is 0 Å². The summed E-state index contributed by atoms with van der Waals surface area (Å²) in [6, 6.07) is 16.8. The largest absolute Gasteiger partial charge is 0.351 e. The zero-order valence-electron chi connectivity index (χ0n) is 16.5. The zero-order chi connectivity index (χ0) is 20.9. The van der Waals surface area contributed by atoms with E-state index in [1.165, 1.54) is 0 Å². The number of nitrogens with zero attached hydrogens (tertiary/aromatic N) is 3. The summed E-state index contributed by atoms with van der Waals surface area (Å²) in [5.74, 6) is -0.343. The van der Waals surface area contributed by atoms with E-state index in [-0.39, 0.29) is 29.7 Å². The number of sulfone groups is 1. The Morgan fingerprint density at radius 1 is 1.03 bits per heavy atom. The molecule has 0 saturated carbocycles. The minimum Gasteiger partial charge on any atom is -0.351 e. The average molecular weight is 413 g/mol. The van der Waals surface area contributed by atoms with Crippen LogP contribution >= 0.6 is 0 Å². The van der Waals surface area contributed by atoms with Gasteiger partial charge in [-0.05, 0) is 38.0 Å². The van der Waals surface area contributed by atoms with Gasteiger partial charge in [0.05, 0.1) is 22.9 Å².